The molecule has 106 valence electrons. The van der Waals surface area contributed by atoms with E-state index in [1.165, 1.54) is 0 Å². The molecule has 0 aromatic heterocycles. The Hall–Kier alpha value is -1.83. The van der Waals surface area contributed by atoms with Crippen molar-refractivity contribution in [3.63, 3.8) is 0 Å². The van der Waals surface area contributed by atoms with Gasteiger partial charge in [0.05, 0.1) is 6.54 Å². The Balaban J connectivity index is 2.04. The first kappa shape index (κ1) is 14.6. The maximum Gasteiger partial charge on any atom is 0.251 e. The van der Waals surface area contributed by atoms with E-state index in [1.54, 1.807) is 0 Å². The molecule has 1 aliphatic heterocycles. The zero-order valence-corrected chi connectivity index (χ0v) is 11.7. The van der Waals surface area contributed by atoms with E-state index in [1.807, 2.05) is 25.1 Å². The van der Waals surface area contributed by atoms with Crippen molar-refractivity contribution in [3.05, 3.63) is 34.9 Å². The summed E-state index contributed by atoms with van der Waals surface area (Å²) in [7, 11) is 0. The molecule has 0 radical (unpaired) electrons. The maximum atomic E-state index is 12.2. The molecule has 20 heavy (non-hydrogen) atoms. The average Bonchev–Trinajstić information content (AvgIpc) is 2.47. The van der Waals surface area contributed by atoms with Gasteiger partial charge in [-0.3, -0.25) is 4.79 Å². The van der Waals surface area contributed by atoms with Gasteiger partial charge in [-0.05, 0) is 43.5 Å². The van der Waals surface area contributed by atoms with Crippen molar-refractivity contribution in [3.8, 4) is 11.8 Å². The van der Waals surface area contributed by atoms with Gasteiger partial charge in [0.2, 0.25) is 0 Å². The molecule has 0 bridgehead atoms. The summed E-state index contributed by atoms with van der Waals surface area (Å²) in [6.45, 7) is 3.73. The number of amides is 1. The Morgan fingerprint density at radius 3 is 2.85 bits per heavy atom. The summed E-state index contributed by atoms with van der Waals surface area (Å²) >= 11 is 0. The number of hydrogen-bond acceptors (Lipinski definition) is 3. The summed E-state index contributed by atoms with van der Waals surface area (Å²) in [5.74, 6) is 5.79. The van der Waals surface area contributed by atoms with Gasteiger partial charge in [-0.15, -0.1) is 0 Å². The summed E-state index contributed by atoms with van der Waals surface area (Å²) < 4.78 is 5.28. The van der Waals surface area contributed by atoms with Gasteiger partial charge in [-0.25, -0.2) is 0 Å². The van der Waals surface area contributed by atoms with Crippen molar-refractivity contribution in [2.45, 2.75) is 25.8 Å². The predicted octanol–water partition coefficient (Wildman–Crippen LogP) is 1.21. The smallest absolute Gasteiger partial charge is 0.251 e. The van der Waals surface area contributed by atoms with E-state index in [-0.39, 0.29) is 11.9 Å². The molecule has 0 aliphatic carbocycles. The molecule has 0 atom stereocenters. The minimum Gasteiger partial charge on any atom is -0.381 e. The SMILES string of the molecule is Cc1cc(C(=O)NC2CCOCC2)ccc1C#CCN. The molecule has 1 heterocycles. The zero-order chi connectivity index (χ0) is 14.4. The van der Waals surface area contributed by atoms with Crippen LogP contribution in [0.2, 0.25) is 0 Å². The van der Waals surface area contributed by atoms with Gasteiger partial charge in [-0.2, -0.15) is 0 Å². The summed E-state index contributed by atoms with van der Waals surface area (Å²) in [5, 5.41) is 3.05. The van der Waals surface area contributed by atoms with E-state index >= 15 is 0 Å². The van der Waals surface area contributed by atoms with E-state index in [0.717, 1.165) is 37.2 Å². The van der Waals surface area contributed by atoms with Gasteiger partial charge in [0.15, 0.2) is 0 Å². The van der Waals surface area contributed by atoms with Crippen LogP contribution in [0.25, 0.3) is 0 Å². The molecule has 1 saturated heterocycles. The number of nitrogens with two attached hydrogens (primary N) is 1. The Morgan fingerprint density at radius 2 is 2.20 bits per heavy atom. The highest BCUT2D eigenvalue weighted by molar-refractivity contribution is 5.94. The first-order chi connectivity index (χ1) is 9.70. The fourth-order valence-electron chi connectivity index (χ4n) is 2.20. The molecule has 1 amide bonds. The third-order valence-electron chi connectivity index (χ3n) is 3.37. The first-order valence-corrected chi connectivity index (χ1v) is 6.89. The standard InChI is InChI=1S/C16H20N2O2/c1-12-11-14(5-4-13(12)3-2-8-17)16(19)18-15-6-9-20-10-7-15/h4-5,11,15H,6-10,17H2,1H3,(H,18,19). The molecule has 0 saturated carbocycles. The Bertz CT molecular complexity index is 537. The molecule has 2 rings (SSSR count). The number of carbonyl (C=O) groups is 1. The highest BCUT2D eigenvalue weighted by atomic mass is 16.5. The molecule has 4 heteroatoms. The van der Waals surface area contributed by atoms with Crippen LogP contribution in [0.3, 0.4) is 0 Å². The lowest BCUT2D eigenvalue weighted by molar-refractivity contribution is 0.0696. The van der Waals surface area contributed by atoms with Crippen LogP contribution < -0.4 is 11.1 Å². The van der Waals surface area contributed by atoms with Crippen LogP contribution in [0.1, 0.15) is 34.3 Å². The van der Waals surface area contributed by atoms with Gasteiger partial charge in [0.25, 0.3) is 5.91 Å². The highest BCUT2D eigenvalue weighted by Crippen LogP contribution is 2.12. The fraction of sp³-hybridized carbons (Fsp3) is 0.438. The number of rotatable bonds is 2. The first-order valence-electron chi connectivity index (χ1n) is 6.89. The second-order valence-corrected chi connectivity index (χ2v) is 4.90. The summed E-state index contributed by atoms with van der Waals surface area (Å²) in [6.07, 6.45) is 1.76. The third kappa shape index (κ3) is 3.83. The van der Waals surface area contributed by atoms with Crippen molar-refractivity contribution in [1.82, 2.24) is 5.32 Å². The molecule has 3 N–H and O–H groups in total. The van der Waals surface area contributed by atoms with E-state index in [9.17, 15) is 4.79 Å². The van der Waals surface area contributed by atoms with Crippen LogP contribution in [0, 0.1) is 18.8 Å². The minimum atomic E-state index is -0.0293. The topological polar surface area (TPSA) is 64.3 Å². The number of hydrogen-bond donors (Lipinski definition) is 2. The predicted molar refractivity (Wildman–Crippen MR) is 78.4 cm³/mol. The van der Waals surface area contributed by atoms with Gasteiger partial charge in [0, 0.05) is 30.4 Å². The van der Waals surface area contributed by atoms with Gasteiger partial charge in [0.1, 0.15) is 0 Å². The monoisotopic (exact) mass is 272 g/mol. The van der Waals surface area contributed by atoms with Crippen LogP contribution in [-0.4, -0.2) is 31.7 Å². The van der Waals surface area contributed by atoms with Gasteiger partial charge in [-0.1, -0.05) is 11.8 Å². The average molecular weight is 272 g/mol. The largest absolute Gasteiger partial charge is 0.381 e. The van der Waals surface area contributed by atoms with Crippen LogP contribution in [0.4, 0.5) is 0 Å². The van der Waals surface area contributed by atoms with Gasteiger partial charge >= 0.3 is 0 Å². The fourth-order valence-corrected chi connectivity index (χ4v) is 2.20. The van der Waals surface area contributed by atoms with Crippen molar-refractivity contribution >= 4 is 5.91 Å². The molecule has 1 aromatic carbocycles. The molecule has 0 spiro atoms. The molecular weight excluding hydrogens is 252 g/mol. The minimum absolute atomic E-state index is 0.0293. The van der Waals surface area contributed by atoms with Crippen molar-refractivity contribution < 1.29 is 9.53 Å². The van der Waals surface area contributed by atoms with Crippen LogP contribution in [-0.2, 0) is 4.74 Å². The summed E-state index contributed by atoms with van der Waals surface area (Å²) in [6, 6.07) is 5.77. The number of ether oxygens (including phenoxy) is 1. The molecule has 1 aromatic rings. The summed E-state index contributed by atoms with van der Waals surface area (Å²) in [4.78, 5) is 12.2. The second-order valence-electron chi connectivity index (χ2n) is 4.90. The Morgan fingerprint density at radius 1 is 1.45 bits per heavy atom. The molecule has 4 nitrogen and oxygen atoms in total. The number of benzene rings is 1. The van der Waals surface area contributed by atoms with Crippen LogP contribution in [0.5, 0.6) is 0 Å². The van der Waals surface area contributed by atoms with E-state index in [0.29, 0.717) is 12.1 Å². The Labute approximate surface area is 119 Å². The van der Waals surface area contributed by atoms with Crippen LogP contribution >= 0.6 is 0 Å². The lowest BCUT2D eigenvalue weighted by Crippen LogP contribution is -2.38. The molecular formula is C16H20N2O2. The Kier molecular flexibility index (Phi) is 5.16. The zero-order valence-electron chi connectivity index (χ0n) is 11.7. The quantitative estimate of drug-likeness (QED) is 0.796. The van der Waals surface area contributed by atoms with E-state index < -0.39 is 0 Å². The second kappa shape index (κ2) is 7.09. The number of aryl methyl sites for hydroxylation is 1. The third-order valence-corrected chi connectivity index (χ3v) is 3.37. The van der Waals surface area contributed by atoms with Crippen molar-refractivity contribution in [1.29, 1.82) is 0 Å². The number of carbonyl (C=O) groups excluding carboxylic acids is 1. The number of nitrogens with one attached hydrogen (secondary N) is 1. The lowest BCUT2D eigenvalue weighted by Gasteiger charge is -2.23. The van der Waals surface area contributed by atoms with Crippen molar-refractivity contribution in [2.75, 3.05) is 19.8 Å². The van der Waals surface area contributed by atoms with Crippen LogP contribution in [0.15, 0.2) is 18.2 Å². The molecule has 0 unspecified atom stereocenters. The maximum absolute atomic E-state index is 12.2. The van der Waals surface area contributed by atoms with E-state index in [2.05, 4.69) is 17.2 Å². The molecule has 1 aliphatic rings. The summed E-state index contributed by atoms with van der Waals surface area (Å²) in [5.41, 5.74) is 7.94. The highest BCUT2D eigenvalue weighted by Gasteiger charge is 2.17. The molecule has 1 fully saturated rings. The van der Waals surface area contributed by atoms with Gasteiger partial charge < -0.3 is 15.8 Å². The van der Waals surface area contributed by atoms with E-state index in [4.69, 9.17) is 10.5 Å². The van der Waals surface area contributed by atoms with Crippen molar-refractivity contribution in [2.24, 2.45) is 5.73 Å². The normalized spacial score (nSPS) is 15.3. The lowest BCUT2D eigenvalue weighted by atomic mass is 10.0.